The van der Waals surface area contributed by atoms with E-state index >= 15 is 0 Å². The van der Waals surface area contributed by atoms with Gasteiger partial charge in [-0.1, -0.05) is 24.3 Å². The first-order valence-electron chi connectivity index (χ1n) is 10.1. The van der Waals surface area contributed by atoms with Crippen LogP contribution in [0.5, 0.6) is 5.75 Å². The highest BCUT2D eigenvalue weighted by Gasteiger charge is 2.72. The van der Waals surface area contributed by atoms with Crippen LogP contribution >= 0.6 is 0 Å². The average Bonchev–Trinajstić information content (AvgIpc) is 3.01. The topological polar surface area (TPSA) is 49.8 Å². The predicted molar refractivity (Wildman–Crippen MR) is 104 cm³/mol. The summed E-state index contributed by atoms with van der Waals surface area (Å²) in [5.74, 6) is 1.03. The van der Waals surface area contributed by atoms with Crippen LogP contribution in [0.15, 0.2) is 37.4 Å². The third-order valence-electron chi connectivity index (χ3n) is 7.45. The smallest absolute Gasteiger partial charge is 0.174 e. The monoisotopic (exact) mass is 365 g/mol. The lowest BCUT2D eigenvalue weighted by Gasteiger charge is -2.62. The first-order valence-corrected chi connectivity index (χ1v) is 10.1. The highest BCUT2D eigenvalue weighted by atomic mass is 16.5. The average molecular weight is 365 g/mol. The lowest BCUT2D eigenvalue weighted by Crippen LogP contribution is -2.76. The van der Waals surface area contributed by atoms with E-state index < -0.39 is 17.1 Å². The number of ketones is 1. The summed E-state index contributed by atoms with van der Waals surface area (Å²) in [7, 11) is 0. The number of hydrogen-bond donors (Lipinski definition) is 1. The number of ether oxygens (including phenoxy) is 1. The van der Waals surface area contributed by atoms with E-state index in [4.69, 9.17) is 4.74 Å². The van der Waals surface area contributed by atoms with Gasteiger partial charge in [0.1, 0.15) is 5.75 Å². The molecule has 0 radical (unpaired) electrons. The van der Waals surface area contributed by atoms with Crippen molar-refractivity contribution in [2.24, 2.45) is 0 Å². The van der Waals surface area contributed by atoms with Crippen LogP contribution in [0.4, 0.5) is 0 Å². The fraction of sp³-hybridized carbons (Fsp3) is 0.522. The normalized spacial score (nSPS) is 36.1. The van der Waals surface area contributed by atoms with Crippen LogP contribution in [0.2, 0.25) is 0 Å². The molecule has 4 heteroatoms. The van der Waals surface area contributed by atoms with Gasteiger partial charge < -0.3 is 9.84 Å². The molecule has 1 aromatic rings. The van der Waals surface area contributed by atoms with E-state index in [-0.39, 0.29) is 11.8 Å². The summed E-state index contributed by atoms with van der Waals surface area (Å²) in [5, 5.41) is 12.1. The fourth-order valence-corrected chi connectivity index (χ4v) is 6.32. The molecule has 4 atom stereocenters. The van der Waals surface area contributed by atoms with Crippen LogP contribution in [-0.2, 0) is 23.1 Å². The van der Waals surface area contributed by atoms with Crippen LogP contribution < -0.4 is 4.74 Å². The van der Waals surface area contributed by atoms with Crippen molar-refractivity contribution in [3.05, 3.63) is 54.1 Å². The molecule has 2 aliphatic carbocycles. The lowest BCUT2D eigenvalue weighted by atomic mass is 9.49. The maximum atomic E-state index is 12.9. The second kappa shape index (κ2) is 5.79. The molecule has 0 amide bonds. The molecule has 5 rings (SSSR count). The molecule has 1 unspecified atom stereocenters. The summed E-state index contributed by atoms with van der Waals surface area (Å²) in [6.07, 6.45) is 7.51. The number of allylic oxidation sites excluding steroid dienone is 1. The maximum absolute atomic E-state index is 12.9. The molecule has 4 nitrogen and oxygen atoms in total. The van der Waals surface area contributed by atoms with Crippen molar-refractivity contribution in [3.63, 3.8) is 0 Å². The highest BCUT2D eigenvalue weighted by Crippen LogP contribution is 2.63. The summed E-state index contributed by atoms with van der Waals surface area (Å²) in [6.45, 7) is 9.36. The number of aliphatic hydroxyl groups is 1. The summed E-state index contributed by atoms with van der Waals surface area (Å²) in [6, 6.07) is 4.36. The Kier molecular flexibility index (Phi) is 3.69. The number of rotatable bonds is 5. The molecule has 0 aromatic heterocycles. The second-order valence-electron chi connectivity index (χ2n) is 8.53. The van der Waals surface area contributed by atoms with Crippen molar-refractivity contribution in [1.29, 1.82) is 0 Å². The van der Waals surface area contributed by atoms with Crippen molar-refractivity contribution in [2.75, 3.05) is 13.1 Å². The van der Waals surface area contributed by atoms with E-state index in [0.29, 0.717) is 12.8 Å². The van der Waals surface area contributed by atoms with E-state index in [9.17, 15) is 9.90 Å². The van der Waals surface area contributed by atoms with Gasteiger partial charge in [-0.3, -0.25) is 9.69 Å². The third kappa shape index (κ3) is 1.98. The van der Waals surface area contributed by atoms with E-state index in [1.54, 1.807) is 0 Å². The summed E-state index contributed by atoms with van der Waals surface area (Å²) < 4.78 is 6.40. The largest absolute Gasteiger partial charge is 0.481 e. The minimum atomic E-state index is -0.915. The zero-order chi connectivity index (χ0) is 18.8. The number of piperidine rings is 1. The van der Waals surface area contributed by atoms with Gasteiger partial charge in [-0.05, 0) is 43.2 Å². The van der Waals surface area contributed by atoms with Gasteiger partial charge >= 0.3 is 0 Å². The SMILES string of the molecule is C=CCCc1ccc2c3c1O[C@H]1C(=O)CCC4(O)[C@@H](C2)N(CC=C)CC[C@]314. The molecule has 1 aromatic carbocycles. The van der Waals surface area contributed by atoms with Crippen molar-refractivity contribution < 1.29 is 14.6 Å². The Morgan fingerprint density at radius 2 is 2.15 bits per heavy atom. The van der Waals surface area contributed by atoms with Gasteiger partial charge in [0.15, 0.2) is 11.9 Å². The van der Waals surface area contributed by atoms with Gasteiger partial charge in [0, 0.05) is 31.1 Å². The van der Waals surface area contributed by atoms with E-state index in [1.165, 1.54) is 5.56 Å². The predicted octanol–water partition coefficient (Wildman–Crippen LogP) is 2.71. The van der Waals surface area contributed by atoms with Crippen LogP contribution in [0, 0.1) is 0 Å². The summed E-state index contributed by atoms with van der Waals surface area (Å²) in [5.41, 5.74) is 2.02. The van der Waals surface area contributed by atoms with Crippen LogP contribution in [0.1, 0.15) is 42.4 Å². The standard InChI is InChI=1S/C23H27NO3/c1-3-5-6-15-7-8-16-14-18-23(26)10-9-17(25)21-22(23,19(16)20(15)27-21)11-13-24(18)12-4-2/h3-4,7-8,18,21,26H,1-2,5-6,9-14H2/t18-,21+,22+,23?/m1/s1. The Hall–Kier alpha value is -1.91. The number of carbonyl (C=O) groups excluding carboxylic acids is 1. The van der Waals surface area contributed by atoms with Gasteiger partial charge in [0.25, 0.3) is 0 Å². The number of aryl methyl sites for hydroxylation is 1. The molecule has 2 bridgehead atoms. The molecule has 1 N–H and O–H groups in total. The van der Waals surface area contributed by atoms with Gasteiger partial charge in [-0.25, -0.2) is 0 Å². The molecule has 2 fully saturated rings. The number of nitrogens with zero attached hydrogens (tertiary/aromatic N) is 1. The zero-order valence-corrected chi connectivity index (χ0v) is 15.7. The Bertz CT molecular complexity index is 846. The molecule has 1 spiro atoms. The molecule has 27 heavy (non-hydrogen) atoms. The zero-order valence-electron chi connectivity index (χ0n) is 15.7. The number of likely N-dealkylation sites (tertiary alicyclic amines) is 1. The van der Waals surface area contributed by atoms with Crippen LogP contribution in [0.3, 0.4) is 0 Å². The first kappa shape index (κ1) is 17.2. The molecule has 2 aliphatic heterocycles. The summed E-state index contributed by atoms with van der Waals surface area (Å²) >= 11 is 0. The number of benzene rings is 1. The first-order chi connectivity index (χ1) is 13.1. The lowest BCUT2D eigenvalue weighted by molar-refractivity contribution is -0.187. The van der Waals surface area contributed by atoms with Gasteiger partial charge in [0.2, 0.25) is 0 Å². The fourth-order valence-electron chi connectivity index (χ4n) is 6.32. The highest BCUT2D eigenvalue weighted by molar-refractivity contribution is 5.89. The maximum Gasteiger partial charge on any atom is 0.174 e. The quantitative estimate of drug-likeness (QED) is 0.815. The van der Waals surface area contributed by atoms with Gasteiger partial charge in [-0.2, -0.15) is 0 Å². The third-order valence-corrected chi connectivity index (χ3v) is 7.45. The number of hydrogen-bond acceptors (Lipinski definition) is 4. The number of Topliss-reactive ketones (excluding diaryl/α,β-unsaturated/α-hetero) is 1. The number of carbonyl (C=O) groups is 1. The van der Waals surface area contributed by atoms with Crippen molar-refractivity contribution in [3.8, 4) is 5.75 Å². The molecular weight excluding hydrogens is 338 g/mol. The Morgan fingerprint density at radius 3 is 2.93 bits per heavy atom. The molecular formula is C23H27NO3. The summed E-state index contributed by atoms with van der Waals surface area (Å²) in [4.78, 5) is 15.3. The van der Waals surface area contributed by atoms with E-state index in [2.05, 4.69) is 30.2 Å². The van der Waals surface area contributed by atoms with E-state index in [1.807, 2.05) is 12.2 Å². The van der Waals surface area contributed by atoms with Crippen molar-refractivity contribution in [1.82, 2.24) is 4.90 Å². The molecule has 4 aliphatic rings. The van der Waals surface area contributed by atoms with Gasteiger partial charge in [0.05, 0.1) is 11.0 Å². The minimum Gasteiger partial charge on any atom is -0.481 e. The van der Waals surface area contributed by atoms with E-state index in [0.717, 1.165) is 55.6 Å². The molecule has 142 valence electrons. The molecule has 1 saturated carbocycles. The second-order valence-corrected chi connectivity index (χ2v) is 8.53. The van der Waals surface area contributed by atoms with Crippen LogP contribution in [-0.4, -0.2) is 46.6 Å². The Balaban J connectivity index is 1.73. The van der Waals surface area contributed by atoms with Gasteiger partial charge in [-0.15, -0.1) is 13.2 Å². The molecule has 1 saturated heterocycles. The van der Waals surface area contributed by atoms with Crippen molar-refractivity contribution >= 4 is 5.78 Å². The molecule has 2 heterocycles. The Labute approximate surface area is 160 Å². The van der Waals surface area contributed by atoms with Crippen LogP contribution in [0.25, 0.3) is 0 Å². The Morgan fingerprint density at radius 1 is 1.30 bits per heavy atom. The minimum absolute atomic E-state index is 0.0147. The van der Waals surface area contributed by atoms with Crippen molar-refractivity contribution in [2.45, 2.75) is 61.7 Å².